The number of benzene rings is 3. The molecule has 0 atom stereocenters. The molecule has 3 rings (SSSR count). The Balaban J connectivity index is 0.000000293. The van der Waals surface area contributed by atoms with Crippen molar-refractivity contribution in [3.8, 4) is 0 Å². The highest BCUT2D eigenvalue weighted by molar-refractivity contribution is 8.13. The maximum absolute atomic E-state index is 12.8. The molecule has 8 N–H and O–H groups in total. The van der Waals surface area contributed by atoms with Gasteiger partial charge in [-0.2, -0.15) is 0 Å². The lowest BCUT2D eigenvalue weighted by atomic mass is 10.1. The predicted octanol–water partition coefficient (Wildman–Crippen LogP) is -1.04. The van der Waals surface area contributed by atoms with Gasteiger partial charge in [0, 0.05) is 22.6 Å². The predicted molar refractivity (Wildman–Crippen MR) is 133 cm³/mol. The summed E-state index contributed by atoms with van der Waals surface area (Å²) in [5.74, 6) is -12.9. The molecule has 0 aliphatic carbocycles. The van der Waals surface area contributed by atoms with E-state index in [0.29, 0.717) is 10.3 Å². The fraction of sp³-hybridized carbons (Fsp3) is 0.0833. The highest BCUT2D eigenvalue weighted by Crippen LogP contribution is 2.23. The summed E-state index contributed by atoms with van der Waals surface area (Å²) in [5.41, 5.74) is 9.21. The molecule has 0 spiro atoms. The minimum Gasteiger partial charge on any atom is -0.545 e. The maximum atomic E-state index is 12.8. The molecule has 202 valence electrons. The van der Waals surface area contributed by atoms with E-state index in [4.69, 9.17) is 22.3 Å². The maximum Gasteiger partial charge on any atom is 0.300 e. The van der Waals surface area contributed by atoms with Gasteiger partial charge in [0.1, 0.15) is 0 Å². The Hall–Kier alpha value is -4.04. The monoisotopic (exact) mass is 570 g/mol. The van der Waals surface area contributed by atoms with Crippen molar-refractivity contribution in [2.75, 3.05) is 0 Å². The number of aromatic carboxylic acids is 2. The highest BCUT2D eigenvalue weighted by atomic mass is 32.2. The first-order valence-electron chi connectivity index (χ1n) is 10.2. The smallest absolute Gasteiger partial charge is 0.300 e. The molecule has 0 amide bonds. The summed E-state index contributed by atoms with van der Waals surface area (Å²) < 4.78 is 50.8. The largest absolute Gasteiger partial charge is 0.545 e. The summed E-state index contributed by atoms with van der Waals surface area (Å²) in [7, 11) is 0. The molecule has 0 aliphatic heterocycles. The second-order valence-electron chi connectivity index (χ2n) is 6.93. The Morgan fingerprint density at radius 2 is 0.921 bits per heavy atom. The molecular weight excluding hydrogens is 548 g/mol. The summed E-state index contributed by atoms with van der Waals surface area (Å²) in [4.78, 5) is 20.5. The van der Waals surface area contributed by atoms with E-state index in [1.807, 2.05) is 36.4 Å². The van der Waals surface area contributed by atoms with Crippen molar-refractivity contribution in [2.24, 2.45) is 11.5 Å². The Morgan fingerprint density at radius 1 is 0.632 bits per heavy atom. The van der Waals surface area contributed by atoms with Gasteiger partial charge in [-0.05, 0) is 34.7 Å². The number of hydrogen-bond acceptors (Lipinski definition) is 6. The number of hydrogen-bond donors (Lipinski definition) is 4. The summed E-state index contributed by atoms with van der Waals surface area (Å²) in [6, 6.07) is 20.2. The number of carboxylic acid groups (broad SMARTS) is 2. The van der Waals surface area contributed by atoms with Gasteiger partial charge >= 0.3 is 0 Å². The van der Waals surface area contributed by atoms with Gasteiger partial charge in [-0.3, -0.25) is 22.3 Å². The fourth-order valence-electron chi connectivity index (χ4n) is 2.50. The van der Waals surface area contributed by atoms with Crippen LogP contribution in [-0.2, 0) is 11.5 Å². The third-order valence-corrected chi connectivity index (χ3v) is 5.79. The molecule has 0 saturated heterocycles. The molecule has 0 saturated carbocycles. The standard InChI is InChI=1S/C8H2F4O4.2C8H10N2S/c9-3-1(7(13)14)2(8(15)16)4(10)6(12)5(3)11;2*9-8(10)11-6-7-4-2-1-3-5-7/h(H,13,14)(H,15,16);2*1-5H,6H2,(H3,9,10). The van der Waals surface area contributed by atoms with E-state index in [-0.39, 0.29) is 0 Å². The zero-order valence-electron chi connectivity index (χ0n) is 19.5. The molecule has 0 aliphatic rings. The van der Waals surface area contributed by atoms with Crippen LogP contribution in [0.2, 0.25) is 0 Å². The van der Waals surface area contributed by atoms with E-state index in [1.54, 1.807) is 0 Å². The zero-order chi connectivity index (χ0) is 28.8. The molecule has 8 nitrogen and oxygen atoms in total. The molecule has 0 aromatic heterocycles. The van der Waals surface area contributed by atoms with Gasteiger partial charge in [0.05, 0.1) is 11.9 Å². The number of nitrogens with two attached hydrogens (primary N) is 4. The number of amidine groups is 2. The highest BCUT2D eigenvalue weighted by Gasteiger charge is 2.26. The number of halogens is 4. The number of thioether (sulfide) groups is 2. The molecule has 0 radical (unpaired) electrons. The van der Waals surface area contributed by atoms with Gasteiger partial charge in [0.15, 0.2) is 23.3 Å². The summed E-state index contributed by atoms with van der Waals surface area (Å²) in [6.07, 6.45) is 0. The molecule has 0 heterocycles. The second kappa shape index (κ2) is 15.9. The molecular formula is C24H22F4N4O4S2. The second-order valence-corrected chi connectivity index (χ2v) is 9.03. The van der Waals surface area contributed by atoms with E-state index >= 15 is 0 Å². The van der Waals surface area contributed by atoms with Crippen molar-refractivity contribution in [3.63, 3.8) is 0 Å². The number of carbonyl (C=O) groups is 2. The van der Waals surface area contributed by atoms with Gasteiger partial charge in [-0.1, -0.05) is 60.7 Å². The van der Waals surface area contributed by atoms with Gasteiger partial charge in [0.2, 0.25) is 0 Å². The van der Waals surface area contributed by atoms with Crippen LogP contribution in [0.25, 0.3) is 0 Å². The first-order chi connectivity index (χ1) is 17.9. The summed E-state index contributed by atoms with van der Waals surface area (Å²) in [6.45, 7) is 0. The summed E-state index contributed by atoms with van der Waals surface area (Å²) >= 11 is 2.91. The van der Waals surface area contributed by atoms with Crippen molar-refractivity contribution in [1.29, 1.82) is 0 Å². The normalized spacial score (nSPS) is 9.79. The van der Waals surface area contributed by atoms with Gasteiger partial charge in [0.25, 0.3) is 10.3 Å². The van der Waals surface area contributed by atoms with Crippen molar-refractivity contribution in [2.45, 2.75) is 11.5 Å². The third-order valence-electron chi connectivity index (χ3n) is 4.17. The zero-order valence-corrected chi connectivity index (χ0v) is 21.1. The van der Waals surface area contributed by atoms with Crippen LogP contribution in [0.3, 0.4) is 0 Å². The SMILES string of the molecule is NC(=[NH2+])SCc1ccccc1.NC(=[NH2+])SCc1ccccc1.O=C([O-])c1c(F)c(F)c(F)c(F)c1C(=O)[O-]. The molecule has 0 fully saturated rings. The third kappa shape index (κ3) is 10.5. The van der Waals surface area contributed by atoms with Gasteiger partial charge in [-0.15, -0.1) is 0 Å². The molecule has 38 heavy (non-hydrogen) atoms. The Kier molecular flexibility index (Phi) is 13.4. The van der Waals surface area contributed by atoms with Crippen LogP contribution in [-0.4, -0.2) is 22.3 Å². The van der Waals surface area contributed by atoms with E-state index in [9.17, 15) is 37.4 Å². The van der Waals surface area contributed by atoms with E-state index in [1.165, 1.54) is 34.7 Å². The number of carbonyl (C=O) groups excluding carboxylic acids is 2. The van der Waals surface area contributed by atoms with Gasteiger partial charge < -0.3 is 19.8 Å². The van der Waals surface area contributed by atoms with Crippen LogP contribution in [0.4, 0.5) is 17.6 Å². The first kappa shape index (κ1) is 32.0. The Bertz CT molecular complexity index is 1190. The van der Waals surface area contributed by atoms with Crippen molar-refractivity contribution < 1.29 is 48.2 Å². The van der Waals surface area contributed by atoms with Crippen LogP contribution in [0.5, 0.6) is 0 Å². The lowest BCUT2D eigenvalue weighted by Crippen LogP contribution is -2.43. The van der Waals surface area contributed by atoms with E-state index in [2.05, 4.69) is 24.3 Å². The number of rotatable bonds is 6. The quantitative estimate of drug-likeness (QED) is 0.0952. The first-order valence-corrected chi connectivity index (χ1v) is 12.2. The van der Waals surface area contributed by atoms with Crippen molar-refractivity contribution >= 4 is 45.8 Å². The summed E-state index contributed by atoms with van der Waals surface area (Å²) in [5, 5.41) is 32.0. The van der Waals surface area contributed by atoms with Crippen LogP contribution >= 0.6 is 23.5 Å². The fourth-order valence-corrected chi connectivity index (χ4v) is 3.55. The lowest BCUT2D eigenvalue weighted by Gasteiger charge is -2.14. The van der Waals surface area contributed by atoms with Crippen molar-refractivity contribution in [1.82, 2.24) is 0 Å². The molecule has 0 bridgehead atoms. The average molecular weight is 571 g/mol. The lowest BCUT2D eigenvalue weighted by molar-refractivity contribution is -0.260. The molecule has 14 heteroatoms. The van der Waals surface area contributed by atoms with E-state index < -0.39 is 46.3 Å². The van der Waals surface area contributed by atoms with Crippen LogP contribution in [0.1, 0.15) is 31.8 Å². The van der Waals surface area contributed by atoms with E-state index in [0.717, 1.165) is 11.5 Å². The molecule has 3 aromatic rings. The number of carboxylic acids is 2. The van der Waals surface area contributed by atoms with Crippen LogP contribution < -0.4 is 32.5 Å². The molecule has 3 aromatic carbocycles. The minimum atomic E-state index is -2.51. The topological polar surface area (TPSA) is 183 Å². The Morgan fingerprint density at radius 3 is 1.16 bits per heavy atom. The van der Waals surface area contributed by atoms with Crippen LogP contribution in [0, 0.1) is 23.3 Å². The Labute approximate surface area is 223 Å². The molecule has 0 unspecified atom stereocenters. The van der Waals surface area contributed by atoms with Gasteiger partial charge in [-0.25, -0.2) is 17.6 Å². The van der Waals surface area contributed by atoms with Crippen molar-refractivity contribution in [3.05, 3.63) is 106 Å². The minimum absolute atomic E-state index is 0.425. The van der Waals surface area contributed by atoms with Crippen LogP contribution in [0.15, 0.2) is 60.7 Å². The average Bonchev–Trinajstić information content (AvgIpc) is 2.88.